The molecule has 0 aromatic carbocycles. The summed E-state index contributed by atoms with van der Waals surface area (Å²) in [5.41, 5.74) is 3.58. The first-order chi connectivity index (χ1) is 12.7. The van der Waals surface area contributed by atoms with Gasteiger partial charge in [0.15, 0.2) is 6.10 Å². The lowest BCUT2D eigenvalue weighted by atomic mass is 10.0. The Bertz CT molecular complexity index is 455. The number of carbonyl (C=O) groups excluding carboxylic acids is 2. The molecule has 0 aromatic heterocycles. The second-order valence-electron chi connectivity index (χ2n) is 5.86. The van der Waals surface area contributed by atoms with Gasteiger partial charge in [-0.3, -0.25) is 4.79 Å². The maximum Gasteiger partial charge on any atom is 0.255 e. The van der Waals surface area contributed by atoms with E-state index < -0.39 is 36.3 Å². The van der Waals surface area contributed by atoms with Crippen LogP contribution in [0.15, 0.2) is 24.6 Å². The van der Waals surface area contributed by atoms with Gasteiger partial charge in [-0.2, -0.15) is 0 Å². The number of quaternary nitrogens is 1. The van der Waals surface area contributed by atoms with E-state index >= 15 is 0 Å². The molecule has 0 heterocycles. The number of aliphatic hydroxyl groups excluding tert-OH is 4. The molecule has 4 atom stereocenters. The van der Waals surface area contributed by atoms with Crippen LogP contribution in [-0.4, -0.2) is 56.7 Å². The van der Waals surface area contributed by atoms with Crippen molar-refractivity contribution in [2.24, 2.45) is 0 Å². The summed E-state index contributed by atoms with van der Waals surface area (Å²) in [4.78, 5) is 21.7. The number of unbranched alkanes of at least 4 members (excludes halogenated alkanes) is 4. The lowest BCUT2D eigenvalue weighted by Gasteiger charge is -2.25. The molecule has 0 aliphatic rings. The lowest BCUT2D eigenvalue weighted by molar-refractivity contribution is -0.320. The van der Waals surface area contributed by atoms with Crippen LogP contribution in [0.5, 0.6) is 0 Å². The van der Waals surface area contributed by atoms with Crippen LogP contribution >= 0.6 is 0 Å². The van der Waals surface area contributed by atoms with Crippen LogP contribution in [0.4, 0.5) is 0 Å². The monoisotopic (exact) mass is 390 g/mol. The number of carboxylic acid groups (broad SMARTS) is 1. The standard InChI is InChI=1S/C12H21NO7.C6H13N/c1-2-3-4-5-6-13-11(18)9(16)7(14)8(15)10(17)12(19)20;1-2-3-4-5-6-7/h5-10,14-17H,2-4H2,1H3,(H,13,18)(H,19,20);5-6H,2-4,7H2,1H3/t7-,8-,9+,10-;/m1./s1. The Hall–Kier alpha value is -1.78. The van der Waals surface area contributed by atoms with Gasteiger partial charge in [0.2, 0.25) is 0 Å². The molecule has 9 nitrogen and oxygen atoms in total. The zero-order chi connectivity index (χ0) is 21.2. The van der Waals surface area contributed by atoms with E-state index in [4.69, 9.17) is 5.11 Å². The van der Waals surface area contributed by atoms with E-state index in [1.165, 1.54) is 25.5 Å². The van der Waals surface area contributed by atoms with E-state index in [1.54, 1.807) is 6.08 Å². The van der Waals surface area contributed by atoms with Gasteiger partial charge in [0.25, 0.3) is 5.91 Å². The third-order valence-corrected chi connectivity index (χ3v) is 3.47. The highest BCUT2D eigenvalue weighted by atomic mass is 16.4. The Labute approximate surface area is 160 Å². The highest BCUT2D eigenvalue weighted by Crippen LogP contribution is 2.05. The number of allylic oxidation sites excluding steroid dienone is 2. The van der Waals surface area contributed by atoms with Crippen LogP contribution in [0.1, 0.15) is 52.4 Å². The number of carboxylic acids is 1. The average molecular weight is 390 g/mol. The molecule has 0 unspecified atom stereocenters. The van der Waals surface area contributed by atoms with Gasteiger partial charge in [-0.25, -0.2) is 0 Å². The lowest BCUT2D eigenvalue weighted by Crippen LogP contribution is -2.54. The van der Waals surface area contributed by atoms with E-state index in [9.17, 15) is 30.0 Å². The maximum atomic E-state index is 11.4. The summed E-state index contributed by atoms with van der Waals surface area (Å²) in [5.74, 6) is -3.06. The number of aliphatic carboxylic acids is 1. The molecule has 0 aliphatic heterocycles. The number of nitrogens with one attached hydrogen (secondary N) is 1. The second-order valence-corrected chi connectivity index (χ2v) is 5.86. The van der Waals surface area contributed by atoms with E-state index in [0.717, 1.165) is 19.3 Å². The van der Waals surface area contributed by atoms with Gasteiger partial charge in [0.1, 0.15) is 18.3 Å². The second kappa shape index (κ2) is 17.6. The molecule has 27 heavy (non-hydrogen) atoms. The van der Waals surface area contributed by atoms with Crippen molar-refractivity contribution >= 4 is 11.9 Å². The fourth-order valence-corrected chi connectivity index (χ4v) is 1.74. The van der Waals surface area contributed by atoms with Crippen LogP contribution in [-0.2, 0) is 9.59 Å². The number of rotatable bonds is 12. The van der Waals surface area contributed by atoms with Gasteiger partial charge >= 0.3 is 0 Å². The first-order valence-corrected chi connectivity index (χ1v) is 9.07. The van der Waals surface area contributed by atoms with Crippen molar-refractivity contribution in [2.45, 2.75) is 76.8 Å². The topological polar surface area (TPSA) is 178 Å². The molecule has 0 bridgehead atoms. The van der Waals surface area contributed by atoms with Crippen molar-refractivity contribution in [3.63, 3.8) is 0 Å². The minimum atomic E-state index is -2.41. The molecule has 8 N–H and O–H groups in total. The van der Waals surface area contributed by atoms with E-state index in [2.05, 4.69) is 24.1 Å². The third-order valence-electron chi connectivity index (χ3n) is 3.47. The van der Waals surface area contributed by atoms with Gasteiger partial charge in [0, 0.05) is 0 Å². The largest absolute Gasteiger partial charge is 0.547 e. The zero-order valence-corrected chi connectivity index (χ0v) is 16.1. The van der Waals surface area contributed by atoms with Gasteiger partial charge in [-0.05, 0) is 31.5 Å². The molecule has 1 amide bonds. The predicted molar refractivity (Wildman–Crippen MR) is 97.4 cm³/mol. The van der Waals surface area contributed by atoms with Gasteiger partial charge in [-0.15, -0.1) is 0 Å². The van der Waals surface area contributed by atoms with Crippen LogP contribution in [0.2, 0.25) is 0 Å². The van der Waals surface area contributed by atoms with Crippen LogP contribution < -0.4 is 16.2 Å². The Morgan fingerprint density at radius 3 is 1.89 bits per heavy atom. The zero-order valence-electron chi connectivity index (χ0n) is 16.1. The summed E-state index contributed by atoms with van der Waals surface area (Å²) in [6.45, 7) is 4.19. The predicted octanol–water partition coefficient (Wildman–Crippen LogP) is -2.07. The van der Waals surface area contributed by atoms with Crippen molar-refractivity contribution in [1.82, 2.24) is 5.32 Å². The molecule has 0 aliphatic carbocycles. The fourth-order valence-electron chi connectivity index (χ4n) is 1.74. The summed E-state index contributed by atoms with van der Waals surface area (Å²) in [6, 6.07) is 0. The number of hydrogen-bond donors (Lipinski definition) is 6. The molecule has 0 radical (unpaired) electrons. The van der Waals surface area contributed by atoms with Gasteiger partial charge in [-0.1, -0.05) is 39.2 Å². The van der Waals surface area contributed by atoms with E-state index in [-0.39, 0.29) is 0 Å². The highest BCUT2D eigenvalue weighted by molar-refractivity contribution is 5.82. The molecule has 9 heteroatoms. The number of amides is 1. The van der Waals surface area contributed by atoms with E-state index in [1.807, 2.05) is 13.1 Å². The van der Waals surface area contributed by atoms with Crippen molar-refractivity contribution in [1.29, 1.82) is 0 Å². The summed E-state index contributed by atoms with van der Waals surface area (Å²) < 4.78 is 0. The average Bonchev–Trinajstić information content (AvgIpc) is 2.66. The Kier molecular flexibility index (Phi) is 17.9. The third kappa shape index (κ3) is 14.0. The summed E-state index contributed by atoms with van der Waals surface area (Å²) >= 11 is 0. The molecule has 0 aromatic rings. The molecular weight excluding hydrogens is 356 g/mol. The van der Waals surface area contributed by atoms with Crippen LogP contribution in [0.25, 0.3) is 0 Å². The van der Waals surface area contributed by atoms with Gasteiger partial charge < -0.3 is 41.4 Å². The minimum absolute atomic E-state index is 0.724. The van der Waals surface area contributed by atoms with Gasteiger partial charge in [0.05, 0.1) is 12.2 Å². The molecule has 0 saturated heterocycles. The molecular formula is C18H34N2O7. The highest BCUT2D eigenvalue weighted by Gasteiger charge is 2.34. The first-order valence-electron chi connectivity index (χ1n) is 9.07. The molecule has 158 valence electrons. The molecule has 0 fully saturated rings. The minimum Gasteiger partial charge on any atom is -0.547 e. The SMILES string of the molecule is CCCCC=CNC(=O)[C@@H](O)[C@H](O)[C@@H](O)[C@@H](O)C(=O)[O-].CCCCC=C[NH3+]. The summed E-state index contributed by atoms with van der Waals surface area (Å²) in [5, 5.41) is 49.4. The normalized spacial score (nSPS) is 15.7. The van der Waals surface area contributed by atoms with Crippen molar-refractivity contribution in [3.05, 3.63) is 24.6 Å². The quantitative estimate of drug-likeness (QED) is 0.207. The first kappa shape index (κ1) is 27.4. The van der Waals surface area contributed by atoms with E-state index in [0.29, 0.717) is 0 Å². The number of carbonyl (C=O) groups is 2. The maximum absolute atomic E-state index is 11.4. The molecule has 0 rings (SSSR count). The Balaban J connectivity index is 0. The summed E-state index contributed by atoms with van der Waals surface area (Å²) in [6.07, 6.45) is 4.37. The van der Waals surface area contributed by atoms with Crippen molar-refractivity contribution in [3.8, 4) is 0 Å². The van der Waals surface area contributed by atoms with Crippen molar-refractivity contribution < 1.29 is 40.9 Å². The smallest absolute Gasteiger partial charge is 0.255 e. The molecule has 0 saturated carbocycles. The number of aliphatic hydroxyl groups is 4. The van der Waals surface area contributed by atoms with Crippen LogP contribution in [0, 0.1) is 0 Å². The number of hydrogen-bond acceptors (Lipinski definition) is 7. The molecule has 0 spiro atoms. The Morgan fingerprint density at radius 2 is 1.44 bits per heavy atom. The fraction of sp³-hybridized carbons (Fsp3) is 0.667. The van der Waals surface area contributed by atoms with Crippen LogP contribution in [0.3, 0.4) is 0 Å². The van der Waals surface area contributed by atoms with Crippen molar-refractivity contribution in [2.75, 3.05) is 0 Å². The summed E-state index contributed by atoms with van der Waals surface area (Å²) in [7, 11) is 0. The Morgan fingerprint density at radius 1 is 0.963 bits per heavy atom.